The Morgan fingerprint density at radius 2 is 2.04 bits per heavy atom. The zero-order valence-electron chi connectivity index (χ0n) is 15.5. The maximum absolute atomic E-state index is 4.92. The minimum Gasteiger partial charge on any atom is -0.357 e. The largest absolute Gasteiger partial charge is 0.357 e. The molecule has 3 heterocycles. The summed E-state index contributed by atoms with van der Waals surface area (Å²) in [4.78, 5) is 15.9. The Hall–Kier alpha value is -2.37. The van der Waals surface area contributed by atoms with E-state index in [1.54, 1.807) is 12.5 Å². The number of hydrogen-bond donors (Lipinski definition) is 1. The standard InChI is InChI=1S/C20H28N6/c1-2-22-20(26-13-17-5-3-4-6-18(17)14-26)24-12-16-7-8-23-19(11-16)25-10-9-21-15-25/h7-11,15,17-18H,2-6,12-14H2,1H3,(H,22,24). The van der Waals surface area contributed by atoms with Crippen LogP contribution in [0.15, 0.2) is 42.0 Å². The number of imidazole rings is 1. The molecule has 26 heavy (non-hydrogen) atoms. The fraction of sp³-hybridized carbons (Fsp3) is 0.550. The summed E-state index contributed by atoms with van der Waals surface area (Å²) in [6.07, 6.45) is 12.9. The molecule has 1 N–H and O–H groups in total. The SMILES string of the molecule is CCNC(=NCc1ccnc(-n2ccnc2)c1)N1CC2CCCCC2C1. The molecule has 2 fully saturated rings. The molecule has 2 atom stereocenters. The van der Waals surface area contributed by atoms with Crippen molar-refractivity contribution in [3.63, 3.8) is 0 Å². The van der Waals surface area contributed by atoms with Gasteiger partial charge < -0.3 is 10.2 Å². The lowest BCUT2D eigenvalue weighted by Crippen LogP contribution is -2.40. The van der Waals surface area contributed by atoms with Gasteiger partial charge in [0.25, 0.3) is 0 Å². The number of guanidine groups is 1. The van der Waals surface area contributed by atoms with Crippen molar-refractivity contribution in [1.29, 1.82) is 0 Å². The van der Waals surface area contributed by atoms with Crippen LogP contribution in [0, 0.1) is 11.8 Å². The fourth-order valence-electron chi connectivity index (χ4n) is 4.27. The van der Waals surface area contributed by atoms with Gasteiger partial charge in [-0.2, -0.15) is 0 Å². The lowest BCUT2D eigenvalue weighted by Gasteiger charge is -2.22. The van der Waals surface area contributed by atoms with Gasteiger partial charge in [-0.3, -0.25) is 4.57 Å². The van der Waals surface area contributed by atoms with Crippen LogP contribution in [-0.4, -0.2) is 45.0 Å². The first-order chi connectivity index (χ1) is 12.8. The summed E-state index contributed by atoms with van der Waals surface area (Å²) < 4.78 is 1.92. The molecule has 2 unspecified atom stereocenters. The van der Waals surface area contributed by atoms with E-state index >= 15 is 0 Å². The third-order valence-corrected chi connectivity index (χ3v) is 5.60. The molecule has 1 aliphatic carbocycles. The van der Waals surface area contributed by atoms with Crippen molar-refractivity contribution in [2.24, 2.45) is 16.8 Å². The molecule has 0 aromatic carbocycles. The van der Waals surface area contributed by atoms with Gasteiger partial charge >= 0.3 is 0 Å². The van der Waals surface area contributed by atoms with Crippen molar-refractivity contribution in [2.75, 3.05) is 19.6 Å². The molecule has 0 spiro atoms. The zero-order valence-corrected chi connectivity index (χ0v) is 15.5. The topological polar surface area (TPSA) is 58.3 Å². The second kappa shape index (κ2) is 7.89. The summed E-state index contributed by atoms with van der Waals surface area (Å²) in [5, 5.41) is 3.49. The smallest absolute Gasteiger partial charge is 0.194 e. The summed E-state index contributed by atoms with van der Waals surface area (Å²) in [6.45, 7) is 6.03. The van der Waals surface area contributed by atoms with Gasteiger partial charge in [-0.15, -0.1) is 0 Å². The number of nitrogens with one attached hydrogen (secondary N) is 1. The summed E-state index contributed by atoms with van der Waals surface area (Å²) in [5.41, 5.74) is 1.16. The third-order valence-electron chi connectivity index (χ3n) is 5.60. The molecular formula is C20H28N6. The van der Waals surface area contributed by atoms with Gasteiger partial charge in [-0.1, -0.05) is 12.8 Å². The van der Waals surface area contributed by atoms with E-state index in [1.807, 2.05) is 23.0 Å². The Labute approximate surface area is 155 Å². The van der Waals surface area contributed by atoms with Crippen LogP contribution in [0.1, 0.15) is 38.2 Å². The minimum atomic E-state index is 0.665. The molecule has 0 amide bonds. The number of pyridine rings is 1. The highest BCUT2D eigenvalue weighted by atomic mass is 15.3. The predicted octanol–water partition coefficient (Wildman–Crippen LogP) is 2.85. The molecule has 1 saturated heterocycles. The molecule has 0 radical (unpaired) electrons. The molecule has 2 aliphatic rings. The number of aliphatic imine (C=N–C) groups is 1. The van der Waals surface area contributed by atoms with Gasteiger partial charge in [0.15, 0.2) is 5.96 Å². The van der Waals surface area contributed by atoms with Crippen LogP contribution in [0.3, 0.4) is 0 Å². The van der Waals surface area contributed by atoms with Gasteiger partial charge in [0.1, 0.15) is 12.1 Å². The van der Waals surface area contributed by atoms with E-state index in [0.717, 1.165) is 48.8 Å². The van der Waals surface area contributed by atoms with Crippen LogP contribution < -0.4 is 5.32 Å². The van der Waals surface area contributed by atoms with E-state index in [4.69, 9.17) is 4.99 Å². The van der Waals surface area contributed by atoms with Gasteiger partial charge in [0.05, 0.1) is 6.54 Å². The van der Waals surface area contributed by atoms with E-state index < -0.39 is 0 Å². The van der Waals surface area contributed by atoms with Crippen LogP contribution in [0.25, 0.3) is 5.82 Å². The third kappa shape index (κ3) is 3.74. The zero-order chi connectivity index (χ0) is 17.8. The molecular weight excluding hydrogens is 324 g/mol. The fourth-order valence-corrected chi connectivity index (χ4v) is 4.27. The molecule has 6 heteroatoms. The number of aromatic nitrogens is 3. The molecule has 138 valence electrons. The number of fused-ring (bicyclic) bond motifs is 1. The van der Waals surface area contributed by atoms with Crippen molar-refractivity contribution in [3.05, 3.63) is 42.6 Å². The quantitative estimate of drug-likeness (QED) is 0.679. The van der Waals surface area contributed by atoms with E-state index in [-0.39, 0.29) is 0 Å². The predicted molar refractivity (Wildman–Crippen MR) is 103 cm³/mol. The number of hydrogen-bond acceptors (Lipinski definition) is 3. The number of rotatable bonds is 4. The van der Waals surface area contributed by atoms with Crippen molar-refractivity contribution in [2.45, 2.75) is 39.2 Å². The first-order valence-electron chi connectivity index (χ1n) is 9.80. The maximum Gasteiger partial charge on any atom is 0.194 e. The van der Waals surface area contributed by atoms with Gasteiger partial charge in [-0.05, 0) is 49.3 Å². The van der Waals surface area contributed by atoms with Crippen LogP contribution in [-0.2, 0) is 6.54 Å². The molecule has 1 aliphatic heterocycles. The van der Waals surface area contributed by atoms with Gasteiger partial charge in [0, 0.05) is 38.2 Å². The molecule has 2 aromatic heterocycles. The van der Waals surface area contributed by atoms with E-state index in [0.29, 0.717) is 6.54 Å². The summed E-state index contributed by atoms with van der Waals surface area (Å²) in [7, 11) is 0. The van der Waals surface area contributed by atoms with Crippen molar-refractivity contribution in [1.82, 2.24) is 24.8 Å². The van der Waals surface area contributed by atoms with Crippen molar-refractivity contribution in [3.8, 4) is 5.82 Å². The Morgan fingerprint density at radius 3 is 2.73 bits per heavy atom. The van der Waals surface area contributed by atoms with Crippen LogP contribution in [0.2, 0.25) is 0 Å². The average Bonchev–Trinajstić information content (AvgIpc) is 3.34. The maximum atomic E-state index is 4.92. The van der Waals surface area contributed by atoms with E-state index in [2.05, 4.69) is 33.2 Å². The van der Waals surface area contributed by atoms with Crippen LogP contribution in [0.5, 0.6) is 0 Å². The van der Waals surface area contributed by atoms with Gasteiger partial charge in [0.2, 0.25) is 0 Å². The first-order valence-corrected chi connectivity index (χ1v) is 9.80. The first kappa shape index (κ1) is 17.1. The second-order valence-corrected chi connectivity index (χ2v) is 7.37. The molecule has 6 nitrogen and oxygen atoms in total. The monoisotopic (exact) mass is 352 g/mol. The van der Waals surface area contributed by atoms with Crippen LogP contribution in [0.4, 0.5) is 0 Å². The normalized spacial score (nSPS) is 23.1. The Bertz CT molecular complexity index is 725. The van der Waals surface area contributed by atoms with Crippen molar-refractivity contribution < 1.29 is 0 Å². The Kier molecular flexibility index (Phi) is 5.18. The Balaban J connectivity index is 1.47. The summed E-state index contributed by atoms with van der Waals surface area (Å²) >= 11 is 0. The lowest BCUT2D eigenvalue weighted by atomic mass is 9.82. The van der Waals surface area contributed by atoms with E-state index in [9.17, 15) is 0 Å². The summed E-state index contributed by atoms with van der Waals surface area (Å²) in [5.74, 6) is 3.66. The number of likely N-dealkylation sites (tertiary alicyclic amines) is 1. The minimum absolute atomic E-state index is 0.665. The Morgan fingerprint density at radius 1 is 1.23 bits per heavy atom. The number of nitrogens with zero attached hydrogens (tertiary/aromatic N) is 5. The molecule has 1 saturated carbocycles. The van der Waals surface area contributed by atoms with Crippen molar-refractivity contribution >= 4 is 5.96 Å². The summed E-state index contributed by atoms with van der Waals surface area (Å²) in [6, 6.07) is 4.12. The highest BCUT2D eigenvalue weighted by Gasteiger charge is 2.35. The second-order valence-electron chi connectivity index (χ2n) is 7.37. The molecule has 0 bridgehead atoms. The van der Waals surface area contributed by atoms with Gasteiger partial charge in [-0.25, -0.2) is 15.0 Å². The highest BCUT2D eigenvalue weighted by molar-refractivity contribution is 5.80. The van der Waals surface area contributed by atoms with E-state index in [1.165, 1.54) is 25.7 Å². The molecule has 4 rings (SSSR count). The van der Waals surface area contributed by atoms with Crippen LogP contribution >= 0.6 is 0 Å². The molecule has 2 aromatic rings. The average molecular weight is 352 g/mol. The highest BCUT2D eigenvalue weighted by Crippen LogP contribution is 2.35. The lowest BCUT2D eigenvalue weighted by molar-refractivity contribution is 0.299.